The average molecular weight is 386 g/mol. The number of rotatable bonds is 5. The van der Waals surface area contributed by atoms with Crippen molar-refractivity contribution in [1.82, 2.24) is 15.6 Å². The summed E-state index contributed by atoms with van der Waals surface area (Å²) < 4.78 is 6.17. The van der Waals surface area contributed by atoms with E-state index in [-0.39, 0.29) is 34.8 Å². The molecular weight excluding hydrogens is 354 g/mol. The molecule has 6 nitrogen and oxygen atoms in total. The largest absolute Gasteiger partial charge is 0.378 e. The fraction of sp³-hybridized carbons (Fsp3) is 0.682. The number of hydrogen-bond donors (Lipinski definition) is 2. The zero-order chi connectivity index (χ0) is 19.9. The Morgan fingerprint density at radius 1 is 1.36 bits per heavy atom. The van der Waals surface area contributed by atoms with Crippen molar-refractivity contribution in [2.24, 2.45) is 22.7 Å². The normalized spacial score (nSPS) is 35.2. The Bertz CT molecular complexity index is 751. The number of amides is 2. The summed E-state index contributed by atoms with van der Waals surface area (Å²) >= 11 is 0. The van der Waals surface area contributed by atoms with Gasteiger partial charge in [-0.25, -0.2) is 0 Å². The van der Waals surface area contributed by atoms with E-state index in [4.69, 9.17) is 4.74 Å². The first kappa shape index (κ1) is 19.4. The smallest absolute Gasteiger partial charge is 0.252 e. The van der Waals surface area contributed by atoms with Crippen molar-refractivity contribution < 1.29 is 14.3 Å². The lowest BCUT2D eigenvalue weighted by molar-refractivity contribution is -0.135. The third-order valence-corrected chi connectivity index (χ3v) is 7.61. The van der Waals surface area contributed by atoms with E-state index in [9.17, 15) is 9.59 Å². The van der Waals surface area contributed by atoms with Crippen LogP contribution in [0.4, 0.5) is 0 Å². The summed E-state index contributed by atoms with van der Waals surface area (Å²) in [7, 11) is 0. The summed E-state index contributed by atoms with van der Waals surface area (Å²) in [6.45, 7) is 7.56. The second kappa shape index (κ2) is 7.14. The lowest BCUT2D eigenvalue weighted by atomic mass is 9.59. The first-order valence-electron chi connectivity index (χ1n) is 10.4. The number of ether oxygens (including phenoxy) is 1. The third kappa shape index (κ3) is 3.11. The van der Waals surface area contributed by atoms with E-state index in [0.717, 1.165) is 25.9 Å². The summed E-state index contributed by atoms with van der Waals surface area (Å²) in [6.07, 6.45) is 7.53. The van der Waals surface area contributed by atoms with Crippen molar-refractivity contribution in [3.8, 4) is 0 Å². The van der Waals surface area contributed by atoms with Crippen LogP contribution in [0.3, 0.4) is 0 Å². The van der Waals surface area contributed by atoms with Crippen LogP contribution in [0.2, 0.25) is 0 Å². The minimum atomic E-state index is -0.0937. The molecule has 0 aromatic carbocycles. The lowest BCUT2D eigenvalue weighted by Crippen LogP contribution is -2.60. The molecule has 0 radical (unpaired) electrons. The van der Waals surface area contributed by atoms with Gasteiger partial charge in [-0.1, -0.05) is 13.8 Å². The number of pyridine rings is 1. The van der Waals surface area contributed by atoms with Gasteiger partial charge in [-0.15, -0.1) is 0 Å². The Morgan fingerprint density at radius 3 is 2.89 bits per heavy atom. The second-order valence-corrected chi connectivity index (χ2v) is 9.38. The van der Waals surface area contributed by atoms with Crippen LogP contribution in [0.15, 0.2) is 24.5 Å². The highest BCUT2D eigenvalue weighted by Gasteiger charge is 2.68. The van der Waals surface area contributed by atoms with Crippen LogP contribution >= 0.6 is 0 Å². The number of fused-ring (bicyclic) bond motifs is 1. The van der Waals surface area contributed by atoms with Crippen molar-refractivity contribution in [2.75, 3.05) is 13.2 Å². The molecular formula is C22H31N3O3. The van der Waals surface area contributed by atoms with E-state index < -0.39 is 0 Å². The molecule has 2 saturated carbocycles. The summed E-state index contributed by atoms with van der Waals surface area (Å²) in [4.78, 5) is 28.2. The van der Waals surface area contributed by atoms with Crippen molar-refractivity contribution >= 4 is 11.8 Å². The van der Waals surface area contributed by atoms with Gasteiger partial charge in [-0.3, -0.25) is 14.6 Å². The molecule has 1 aliphatic heterocycles. The van der Waals surface area contributed by atoms with E-state index in [2.05, 4.69) is 29.5 Å². The van der Waals surface area contributed by atoms with E-state index in [1.165, 1.54) is 6.42 Å². The van der Waals surface area contributed by atoms with Gasteiger partial charge in [0.25, 0.3) is 5.91 Å². The highest BCUT2D eigenvalue weighted by atomic mass is 16.5. The average Bonchev–Trinajstić information content (AvgIpc) is 3.16. The topological polar surface area (TPSA) is 80.3 Å². The van der Waals surface area contributed by atoms with E-state index >= 15 is 0 Å². The fourth-order valence-corrected chi connectivity index (χ4v) is 6.32. The number of carbonyl (C=O) groups excluding carboxylic acids is 2. The van der Waals surface area contributed by atoms with Crippen LogP contribution in [0.25, 0.3) is 0 Å². The van der Waals surface area contributed by atoms with Crippen LogP contribution in [0, 0.1) is 22.7 Å². The summed E-state index contributed by atoms with van der Waals surface area (Å²) in [6, 6.07) is 3.74. The summed E-state index contributed by atoms with van der Waals surface area (Å²) in [5.41, 5.74) is 0.838. The Hall–Kier alpha value is -1.95. The Kier molecular flexibility index (Phi) is 4.94. The summed E-state index contributed by atoms with van der Waals surface area (Å²) in [5.74, 6) is 1.03. The van der Waals surface area contributed by atoms with Crippen LogP contribution in [0.5, 0.6) is 0 Å². The molecule has 3 aliphatic rings. The highest BCUT2D eigenvalue weighted by Crippen LogP contribution is 2.68. The molecule has 4 rings (SSSR count). The van der Waals surface area contributed by atoms with Gasteiger partial charge in [0.1, 0.15) is 0 Å². The quantitative estimate of drug-likeness (QED) is 0.816. The van der Waals surface area contributed by atoms with Gasteiger partial charge in [0.15, 0.2) is 0 Å². The zero-order valence-electron chi connectivity index (χ0n) is 17.0. The van der Waals surface area contributed by atoms with Gasteiger partial charge in [0, 0.05) is 38.5 Å². The fourth-order valence-electron chi connectivity index (χ4n) is 6.32. The lowest BCUT2D eigenvalue weighted by Gasteiger charge is -2.53. The van der Waals surface area contributed by atoms with Crippen molar-refractivity contribution in [2.45, 2.75) is 58.6 Å². The van der Waals surface area contributed by atoms with Crippen LogP contribution in [-0.4, -0.2) is 42.1 Å². The monoisotopic (exact) mass is 385 g/mol. The van der Waals surface area contributed by atoms with E-state index in [1.54, 1.807) is 31.5 Å². The molecule has 2 N–H and O–H groups in total. The molecule has 6 heteroatoms. The van der Waals surface area contributed by atoms with Crippen LogP contribution < -0.4 is 10.6 Å². The molecule has 152 valence electrons. The number of hydrogen-bond acceptors (Lipinski definition) is 4. The maximum Gasteiger partial charge on any atom is 0.252 e. The molecule has 28 heavy (non-hydrogen) atoms. The first-order valence-corrected chi connectivity index (χ1v) is 10.4. The number of aromatic nitrogens is 1. The van der Waals surface area contributed by atoms with E-state index in [1.807, 2.05) is 0 Å². The zero-order valence-corrected chi connectivity index (χ0v) is 17.0. The van der Waals surface area contributed by atoms with Crippen molar-refractivity contribution in [1.29, 1.82) is 0 Å². The van der Waals surface area contributed by atoms with Crippen molar-refractivity contribution in [3.05, 3.63) is 30.1 Å². The maximum atomic E-state index is 12.3. The van der Waals surface area contributed by atoms with Gasteiger partial charge in [0.2, 0.25) is 5.91 Å². The molecule has 2 amide bonds. The molecule has 1 aromatic rings. The van der Waals surface area contributed by atoms with Gasteiger partial charge in [-0.2, -0.15) is 0 Å². The molecule has 2 bridgehead atoms. The molecule has 1 spiro atoms. The van der Waals surface area contributed by atoms with Gasteiger partial charge >= 0.3 is 0 Å². The Morgan fingerprint density at radius 2 is 2.18 bits per heavy atom. The molecule has 2 aliphatic carbocycles. The highest BCUT2D eigenvalue weighted by molar-refractivity contribution is 5.93. The molecule has 5 atom stereocenters. The Balaban J connectivity index is 1.42. The number of nitrogens with zero attached hydrogens (tertiary/aromatic N) is 1. The molecule has 3 fully saturated rings. The minimum absolute atomic E-state index is 0.0607. The second-order valence-electron chi connectivity index (χ2n) is 9.38. The predicted octanol–water partition coefficient (Wildman–Crippen LogP) is 2.55. The number of carbonyl (C=O) groups is 2. The van der Waals surface area contributed by atoms with Crippen molar-refractivity contribution in [3.63, 3.8) is 0 Å². The maximum absolute atomic E-state index is 12.3. The predicted molar refractivity (Wildman–Crippen MR) is 106 cm³/mol. The summed E-state index contributed by atoms with van der Waals surface area (Å²) in [5, 5.41) is 6.30. The third-order valence-electron chi connectivity index (χ3n) is 7.61. The molecule has 1 aromatic heterocycles. The SMILES string of the molecule is CC(=O)N[C@@H]1C(C)(C)[C@@H]2C[C@@H]3[C@@H](CCNC(=O)c4cccnc4)OCC[C@@]31C2. The van der Waals surface area contributed by atoms with E-state index in [0.29, 0.717) is 23.9 Å². The van der Waals surface area contributed by atoms with Gasteiger partial charge in [-0.05, 0) is 60.5 Å². The molecule has 1 saturated heterocycles. The molecule has 2 heterocycles. The van der Waals surface area contributed by atoms with Gasteiger partial charge in [0.05, 0.1) is 11.7 Å². The molecule has 0 unspecified atom stereocenters. The van der Waals surface area contributed by atoms with Gasteiger partial charge < -0.3 is 15.4 Å². The Labute approximate surface area is 166 Å². The first-order chi connectivity index (χ1) is 13.3. The number of nitrogens with one attached hydrogen (secondary N) is 2. The minimum Gasteiger partial charge on any atom is -0.378 e. The van der Waals surface area contributed by atoms with Crippen LogP contribution in [0.1, 0.15) is 56.8 Å². The van der Waals surface area contributed by atoms with Crippen LogP contribution in [-0.2, 0) is 9.53 Å². The standard InChI is InChI=1S/C22H31N3O3/c1-14(26)25-20-21(2,3)16-11-17-18(28-10-7-22(17,20)12-16)6-9-24-19(27)15-5-4-8-23-13-15/h4-5,8,13,16-18,20H,6-7,9-12H2,1-3H3,(H,24,27)(H,25,26)/t16-,17-,18-,20-,22-/m1/s1.